The van der Waals surface area contributed by atoms with Gasteiger partial charge in [-0.05, 0) is 25.1 Å². The smallest absolute Gasteiger partial charge is 0.341 e. The average molecular weight is 389 g/mol. The van der Waals surface area contributed by atoms with Gasteiger partial charge in [0.1, 0.15) is 23.7 Å². The predicted molar refractivity (Wildman–Crippen MR) is 92.8 cm³/mol. The molecule has 0 saturated carbocycles. The number of nitro benzene ring substituents is 1. The van der Waals surface area contributed by atoms with Crippen molar-refractivity contribution in [2.24, 2.45) is 0 Å². The van der Waals surface area contributed by atoms with E-state index in [1.54, 1.807) is 6.92 Å². The summed E-state index contributed by atoms with van der Waals surface area (Å²) in [5, 5.41) is 11.2. The Labute approximate surface area is 158 Å². The lowest BCUT2D eigenvalue weighted by Crippen LogP contribution is -2.01. The van der Waals surface area contributed by atoms with Crippen molar-refractivity contribution < 1.29 is 37.9 Å². The Morgan fingerprint density at radius 1 is 1.25 bits per heavy atom. The third-order valence-electron chi connectivity index (χ3n) is 3.85. The van der Waals surface area contributed by atoms with E-state index >= 15 is 0 Å². The van der Waals surface area contributed by atoms with Crippen LogP contribution in [0, 0.1) is 17.0 Å². The van der Waals surface area contributed by atoms with E-state index in [9.17, 15) is 19.7 Å². The van der Waals surface area contributed by atoms with Crippen LogP contribution in [0.3, 0.4) is 0 Å². The van der Waals surface area contributed by atoms with Crippen LogP contribution >= 0.6 is 0 Å². The van der Waals surface area contributed by atoms with E-state index in [-0.39, 0.29) is 41.7 Å². The molecule has 0 spiro atoms. The third kappa shape index (κ3) is 3.95. The molecule has 1 aromatic heterocycles. The highest BCUT2D eigenvalue weighted by atomic mass is 16.7. The van der Waals surface area contributed by atoms with Crippen LogP contribution in [0.25, 0.3) is 6.08 Å². The molecule has 1 aliphatic heterocycles. The van der Waals surface area contributed by atoms with Crippen molar-refractivity contribution in [3.63, 3.8) is 0 Å². The monoisotopic (exact) mass is 389 g/mol. The van der Waals surface area contributed by atoms with Gasteiger partial charge in [0, 0.05) is 6.08 Å². The lowest BCUT2D eigenvalue weighted by Gasteiger charge is -2.01. The van der Waals surface area contributed by atoms with Gasteiger partial charge in [0.25, 0.3) is 5.69 Å². The Morgan fingerprint density at radius 2 is 1.96 bits per heavy atom. The number of esters is 2. The van der Waals surface area contributed by atoms with Crippen LogP contribution in [0.2, 0.25) is 0 Å². The van der Waals surface area contributed by atoms with Gasteiger partial charge in [-0.2, -0.15) is 0 Å². The number of aryl methyl sites for hydroxylation is 1. The Morgan fingerprint density at radius 3 is 2.64 bits per heavy atom. The van der Waals surface area contributed by atoms with Crippen LogP contribution in [0.1, 0.15) is 27.4 Å². The summed E-state index contributed by atoms with van der Waals surface area (Å²) in [4.78, 5) is 34.1. The molecule has 0 radical (unpaired) electrons. The highest BCUT2D eigenvalue weighted by molar-refractivity contribution is 5.90. The zero-order valence-electron chi connectivity index (χ0n) is 14.9. The summed E-state index contributed by atoms with van der Waals surface area (Å²) >= 11 is 0. The molecule has 3 rings (SSSR count). The molecule has 2 aromatic rings. The van der Waals surface area contributed by atoms with E-state index in [0.717, 1.165) is 6.08 Å². The van der Waals surface area contributed by atoms with Gasteiger partial charge in [-0.25, -0.2) is 9.59 Å². The second kappa shape index (κ2) is 7.82. The van der Waals surface area contributed by atoms with E-state index in [1.807, 2.05) is 0 Å². The first-order valence-electron chi connectivity index (χ1n) is 7.99. The molecule has 2 heterocycles. The molecule has 0 atom stereocenters. The number of methoxy groups -OCH3 is 1. The lowest BCUT2D eigenvalue weighted by molar-refractivity contribution is -0.385. The topological polar surface area (TPSA) is 127 Å². The first-order chi connectivity index (χ1) is 13.4. The minimum atomic E-state index is -0.749. The van der Waals surface area contributed by atoms with Gasteiger partial charge in [0.05, 0.1) is 23.7 Å². The number of hydrogen-bond acceptors (Lipinski definition) is 9. The van der Waals surface area contributed by atoms with Crippen LogP contribution < -0.4 is 9.47 Å². The van der Waals surface area contributed by atoms with Gasteiger partial charge in [-0.15, -0.1) is 0 Å². The van der Waals surface area contributed by atoms with Crippen molar-refractivity contribution >= 4 is 23.7 Å². The number of nitro groups is 1. The number of fused-ring (bicyclic) bond motifs is 1. The van der Waals surface area contributed by atoms with Crippen molar-refractivity contribution in [1.29, 1.82) is 0 Å². The molecule has 0 fully saturated rings. The van der Waals surface area contributed by atoms with E-state index in [4.69, 9.17) is 18.6 Å². The summed E-state index contributed by atoms with van der Waals surface area (Å²) in [6, 6.07) is 4.05. The zero-order chi connectivity index (χ0) is 20.3. The molecule has 146 valence electrons. The molecule has 0 bridgehead atoms. The normalized spacial score (nSPS) is 12.2. The number of ether oxygens (including phenoxy) is 4. The van der Waals surface area contributed by atoms with Gasteiger partial charge < -0.3 is 23.4 Å². The van der Waals surface area contributed by atoms with E-state index < -0.39 is 16.9 Å². The Kier molecular flexibility index (Phi) is 5.30. The van der Waals surface area contributed by atoms with Gasteiger partial charge in [-0.1, -0.05) is 0 Å². The molecule has 10 heteroatoms. The molecule has 10 nitrogen and oxygen atoms in total. The van der Waals surface area contributed by atoms with Crippen LogP contribution in [0.5, 0.6) is 11.5 Å². The molecular formula is C18H15NO9. The maximum atomic E-state index is 11.9. The van der Waals surface area contributed by atoms with Crippen molar-refractivity contribution in [1.82, 2.24) is 0 Å². The standard InChI is InChI=1S/C18H15NO9/c1-10-13(18(21)24-2)6-12(28-10)8-25-17(20)4-3-11-5-15-16(27-9-26-15)7-14(11)19(22)23/h3-7H,8-9H2,1-2H3/b4-3+. The number of carbonyl (C=O) groups excluding carboxylic acids is 2. The van der Waals surface area contributed by atoms with Crippen LogP contribution in [0.4, 0.5) is 5.69 Å². The minimum Gasteiger partial charge on any atom is -0.465 e. The van der Waals surface area contributed by atoms with Crippen molar-refractivity contribution in [3.05, 3.63) is 57.0 Å². The van der Waals surface area contributed by atoms with Crippen molar-refractivity contribution in [3.8, 4) is 11.5 Å². The highest BCUT2D eigenvalue weighted by Crippen LogP contribution is 2.38. The SMILES string of the molecule is COC(=O)c1cc(COC(=O)/C=C/c2cc3c(cc2[N+](=O)[O-])OCO3)oc1C. The number of furan rings is 1. The zero-order valence-corrected chi connectivity index (χ0v) is 14.9. The van der Waals surface area contributed by atoms with E-state index in [2.05, 4.69) is 4.74 Å². The average Bonchev–Trinajstić information content (AvgIpc) is 3.28. The van der Waals surface area contributed by atoms with Crippen LogP contribution in [-0.4, -0.2) is 30.8 Å². The highest BCUT2D eigenvalue weighted by Gasteiger charge is 2.22. The number of hydrogen-bond donors (Lipinski definition) is 0. The van der Waals surface area contributed by atoms with Gasteiger partial charge in [-0.3, -0.25) is 10.1 Å². The first kappa shape index (κ1) is 19.0. The van der Waals surface area contributed by atoms with Crippen molar-refractivity contribution in [2.75, 3.05) is 13.9 Å². The van der Waals surface area contributed by atoms with Gasteiger partial charge in [0.15, 0.2) is 11.5 Å². The minimum absolute atomic E-state index is 0.0299. The second-order valence-electron chi connectivity index (χ2n) is 5.64. The summed E-state index contributed by atoms with van der Waals surface area (Å²) in [6.07, 6.45) is 2.29. The van der Waals surface area contributed by atoms with Crippen molar-refractivity contribution in [2.45, 2.75) is 13.5 Å². The van der Waals surface area contributed by atoms with E-state index in [1.165, 1.54) is 31.4 Å². The summed E-state index contributed by atoms with van der Waals surface area (Å²) in [7, 11) is 1.24. The largest absolute Gasteiger partial charge is 0.465 e. The fourth-order valence-corrected chi connectivity index (χ4v) is 2.51. The summed E-state index contributed by atoms with van der Waals surface area (Å²) in [6.45, 7) is 1.33. The maximum absolute atomic E-state index is 11.9. The lowest BCUT2D eigenvalue weighted by atomic mass is 10.1. The maximum Gasteiger partial charge on any atom is 0.341 e. The molecule has 0 N–H and O–H groups in total. The number of nitrogens with zero attached hydrogens (tertiary/aromatic N) is 1. The molecule has 0 saturated heterocycles. The van der Waals surface area contributed by atoms with Gasteiger partial charge >= 0.3 is 11.9 Å². The molecule has 0 aliphatic carbocycles. The Hall–Kier alpha value is -3.82. The van der Waals surface area contributed by atoms with E-state index in [0.29, 0.717) is 11.5 Å². The second-order valence-corrected chi connectivity index (χ2v) is 5.64. The molecule has 0 unspecified atom stereocenters. The molecule has 0 amide bonds. The fraction of sp³-hybridized carbons (Fsp3) is 0.222. The molecular weight excluding hydrogens is 374 g/mol. The summed E-state index contributed by atoms with van der Waals surface area (Å²) in [5.41, 5.74) is 0.158. The predicted octanol–water partition coefficient (Wildman–Crippen LogP) is 2.77. The number of rotatable bonds is 6. The molecule has 28 heavy (non-hydrogen) atoms. The quantitative estimate of drug-likeness (QED) is 0.317. The van der Waals surface area contributed by atoms with Crippen LogP contribution in [-0.2, 0) is 20.9 Å². The number of benzene rings is 1. The third-order valence-corrected chi connectivity index (χ3v) is 3.85. The first-order valence-corrected chi connectivity index (χ1v) is 7.99. The molecule has 1 aromatic carbocycles. The Bertz CT molecular complexity index is 974. The fourth-order valence-electron chi connectivity index (χ4n) is 2.51. The molecule has 1 aliphatic rings. The van der Waals surface area contributed by atoms with Crippen LogP contribution in [0.15, 0.2) is 28.7 Å². The Balaban J connectivity index is 1.68. The summed E-state index contributed by atoms with van der Waals surface area (Å²) in [5.74, 6) is -0.103. The number of carbonyl (C=O) groups is 2. The summed E-state index contributed by atoms with van der Waals surface area (Å²) < 4.78 is 25.3. The van der Waals surface area contributed by atoms with Gasteiger partial charge in [0.2, 0.25) is 6.79 Å².